The fraction of sp³-hybridized carbons (Fsp3) is 0.263. The Labute approximate surface area is 165 Å². The van der Waals surface area contributed by atoms with Crippen molar-refractivity contribution in [3.63, 3.8) is 0 Å². The molecule has 0 radical (unpaired) electrons. The molecule has 0 aliphatic carbocycles. The van der Waals surface area contributed by atoms with Crippen LogP contribution < -0.4 is 9.47 Å². The van der Waals surface area contributed by atoms with Gasteiger partial charge in [0.05, 0.1) is 40.6 Å². The van der Waals surface area contributed by atoms with E-state index in [1.165, 1.54) is 24.3 Å². The highest BCUT2D eigenvalue weighted by Crippen LogP contribution is 2.37. The maximum Gasteiger partial charge on any atom is 0.362 e. The number of aryl methyl sites for hydroxylation is 1. The third-order valence-electron chi connectivity index (χ3n) is 3.42. The maximum atomic E-state index is 12.5. The first kappa shape index (κ1) is 20.4. The van der Waals surface area contributed by atoms with E-state index in [4.69, 9.17) is 19.5 Å². The molecular weight excluding hydrogens is 416 g/mol. The lowest BCUT2D eigenvalue weighted by molar-refractivity contribution is 0.0523. The Kier molecular flexibility index (Phi) is 6.91. The molecule has 7 nitrogen and oxygen atoms in total. The predicted octanol–water partition coefficient (Wildman–Crippen LogP) is 3.82. The van der Waals surface area contributed by atoms with Gasteiger partial charge in [0.1, 0.15) is 5.69 Å². The van der Waals surface area contributed by atoms with E-state index in [0.29, 0.717) is 22.3 Å². The summed E-state index contributed by atoms with van der Waals surface area (Å²) in [4.78, 5) is 28.5. The van der Waals surface area contributed by atoms with Gasteiger partial charge in [-0.2, -0.15) is 5.26 Å². The normalized spacial score (nSPS) is 10.0. The summed E-state index contributed by atoms with van der Waals surface area (Å²) >= 11 is 3.28. The SMILES string of the molecule is CCOC(=O)c1ccc(C(=O)Oc2c(Br)cc(C#N)cc2OCC)nc1C. The molecule has 0 saturated carbocycles. The van der Waals surface area contributed by atoms with Crippen LogP contribution in [0.4, 0.5) is 0 Å². The summed E-state index contributed by atoms with van der Waals surface area (Å²) < 4.78 is 16.2. The van der Waals surface area contributed by atoms with E-state index in [1.54, 1.807) is 20.8 Å². The molecule has 8 heteroatoms. The van der Waals surface area contributed by atoms with Gasteiger partial charge in [0.2, 0.25) is 0 Å². The smallest absolute Gasteiger partial charge is 0.362 e. The molecule has 0 N–H and O–H groups in total. The molecule has 140 valence electrons. The predicted molar refractivity (Wildman–Crippen MR) is 99.9 cm³/mol. The first-order valence-electron chi connectivity index (χ1n) is 8.14. The Morgan fingerprint density at radius 1 is 1.19 bits per heavy atom. The molecule has 0 unspecified atom stereocenters. The van der Waals surface area contributed by atoms with Crippen molar-refractivity contribution in [2.45, 2.75) is 20.8 Å². The van der Waals surface area contributed by atoms with E-state index in [-0.39, 0.29) is 29.4 Å². The number of carbonyl (C=O) groups is 2. The molecule has 0 fully saturated rings. The molecule has 0 amide bonds. The van der Waals surface area contributed by atoms with Crippen LogP contribution in [0.15, 0.2) is 28.7 Å². The van der Waals surface area contributed by atoms with Crippen molar-refractivity contribution in [3.05, 3.63) is 51.3 Å². The van der Waals surface area contributed by atoms with Crippen molar-refractivity contribution in [1.29, 1.82) is 5.26 Å². The average Bonchev–Trinajstić information content (AvgIpc) is 2.64. The molecule has 27 heavy (non-hydrogen) atoms. The van der Waals surface area contributed by atoms with E-state index < -0.39 is 11.9 Å². The van der Waals surface area contributed by atoms with E-state index in [2.05, 4.69) is 20.9 Å². The number of nitriles is 1. The lowest BCUT2D eigenvalue weighted by Crippen LogP contribution is -2.15. The summed E-state index contributed by atoms with van der Waals surface area (Å²) in [5.74, 6) is -0.817. The zero-order chi connectivity index (χ0) is 20.0. The van der Waals surface area contributed by atoms with Gasteiger partial charge in [-0.15, -0.1) is 0 Å². The van der Waals surface area contributed by atoms with Gasteiger partial charge in [-0.05, 0) is 54.9 Å². The quantitative estimate of drug-likeness (QED) is 0.505. The highest BCUT2D eigenvalue weighted by atomic mass is 79.9. The summed E-state index contributed by atoms with van der Waals surface area (Å²) in [6.07, 6.45) is 0. The summed E-state index contributed by atoms with van der Waals surface area (Å²) in [7, 11) is 0. The Balaban J connectivity index is 2.31. The molecule has 1 heterocycles. The first-order valence-corrected chi connectivity index (χ1v) is 8.93. The number of pyridine rings is 1. The Morgan fingerprint density at radius 3 is 2.52 bits per heavy atom. The number of hydrogen-bond donors (Lipinski definition) is 0. The second-order valence-corrected chi connectivity index (χ2v) is 6.12. The third kappa shape index (κ3) is 4.83. The summed E-state index contributed by atoms with van der Waals surface area (Å²) in [6.45, 7) is 5.66. The molecule has 0 spiro atoms. The minimum atomic E-state index is -0.722. The van der Waals surface area contributed by atoms with Crippen molar-refractivity contribution >= 4 is 27.9 Å². The Hall–Kier alpha value is -2.92. The van der Waals surface area contributed by atoms with Crippen molar-refractivity contribution < 1.29 is 23.8 Å². The van der Waals surface area contributed by atoms with Crippen LogP contribution in [-0.4, -0.2) is 30.1 Å². The number of carbonyl (C=O) groups excluding carboxylic acids is 2. The maximum absolute atomic E-state index is 12.5. The summed E-state index contributed by atoms with van der Waals surface area (Å²) in [6, 6.07) is 7.87. The van der Waals surface area contributed by atoms with Crippen LogP contribution in [0.2, 0.25) is 0 Å². The number of ether oxygens (including phenoxy) is 3. The summed E-state index contributed by atoms with van der Waals surface area (Å²) in [5.41, 5.74) is 1.02. The van der Waals surface area contributed by atoms with Gasteiger partial charge in [-0.3, -0.25) is 0 Å². The van der Waals surface area contributed by atoms with Gasteiger partial charge in [0, 0.05) is 6.07 Å². The topological polar surface area (TPSA) is 98.5 Å². The molecule has 1 aromatic carbocycles. The number of nitrogens with zero attached hydrogens (tertiary/aromatic N) is 2. The monoisotopic (exact) mass is 432 g/mol. The van der Waals surface area contributed by atoms with Gasteiger partial charge >= 0.3 is 11.9 Å². The van der Waals surface area contributed by atoms with Crippen molar-refractivity contribution in [2.24, 2.45) is 0 Å². The third-order valence-corrected chi connectivity index (χ3v) is 4.01. The van der Waals surface area contributed by atoms with Crippen LogP contribution in [0.5, 0.6) is 11.5 Å². The second-order valence-electron chi connectivity index (χ2n) is 5.27. The van der Waals surface area contributed by atoms with Crippen LogP contribution in [0.1, 0.15) is 46.0 Å². The van der Waals surface area contributed by atoms with E-state index in [0.717, 1.165) is 0 Å². The van der Waals surface area contributed by atoms with E-state index in [1.807, 2.05) is 6.07 Å². The van der Waals surface area contributed by atoms with E-state index in [9.17, 15) is 9.59 Å². The number of halogens is 1. The highest BCUT2D eigenvalue weighted by Gasteiger charge is 2.20. The van der Waals surface area contributed by atoms with Gasteiger partial charge in [0.25, 0.3) is 0 Å². The molecule has 0 aliphatic heterocycles. The standard InChI is InChI=1S/C19H17BrN2O5/c1-4-25-16-9-12(10-21)8-14(20)17(16)27-19(24)15-7-6-13(11(3)22-15)18(23)26-5-2/h6-9H,4-5H2,1-3H3. The Bertz CT molecular complexity index is 921. The second kappa shape index (κ2) is 9.14. The van der Waals surface area contributed by atoms with Crippen molar-refractivity contribution in [2.75, 3.05) is 13.2 Å². The van der Waals surface area contributed by atoms with Crippen LogP contribution >= 0.6 is 15.9 Å². The minimum Gasteiger partial charge on any atom is -0.490 e. The molecular formula is C19H17BrN2O5. The highest BCUT2D eigenvalue weighted by molar-refractivity contribution is 9.10. The molecule has 0 saturated heterocycles. The lowest BCUT2D eigenvalue weighted by atomic mass is 10.2. The molecule has 1 aromatic heterocycles. The number of rotatable bonds is 6. The minimum absolute atomic E-state index is 0.0271. The van der Waals surface area contributed by atoms with Crippen molar-refractivity contribution in [3.8, 4) is 17.6 Å². The number of hydrogen-bond acceptors (Lipinski definition) is 7. The zero-order valence-corrected chi connectivity index (χ0v) is 16.6. The summed E-state index contributed by atoms with van der Waals surface area (Å²) in [5, 5.41) is 9.06. The van der Waals surface area contributed by atoms with Gasteiger partial charge in [-0.1, -0.05) is 0 Å². The van der Waals surface area contributed by atoms with Crippen LogP contribution in [0, 0.1) is 18.3 Å². The number of aromatic nitrogens is 1. The molecule has 2 aromatic rings. The van der Waals surface area contributed by atoms with Gasteiger partial charge in [0.15, 0.2) is 11.5 Å². The fourth-order valence-electron chi connectivity index (χ4n) is 2.24. The first-order chi connectivity index (χ1) is 12.9. The van der Waals surface area contributed by atoms with Crippen LogP contribution in [0.25, 0.3) is 0 Å². The zero-order valence-electron chi connectivity index (χ0n) is 15.0. The number of benzene rings is 1. The van der Waals surface area contributed by atoms with Gasteiger partial charge < -0.3 is 14.2 Å². The van der Waals surface area contributed by atoms with Gasteiger partial charge in [-0.25, -0.2) is 14.6 Å². The largest absolute Gasteiger partial charge is 0.490 e. The molecule has 2 rings (SSSR count). The Morgan fingerprint density at radius 2 is 1.93 bits per heavy atom. The molecule has 0 aliphatic rings. The van der Waals surface area contributed by atoms with Crippen molar-refractivity contribution in [1.82, 2.24) is 4.98 Å². The fourth-order valence-corrected chi connectivity index (χ4v) is 2.76. The molecule has 0 atom stereocenters. The lowest BCUT2D eigenvalue weighted by Gasteiger charge is -2.13. The van der Waals surface area contributed by atoms with Crippen LogP contribution in [0.3, 0.4) is 0 Å². The van der Waals surface area contributed by atoms with E-state index >= 15 is 0 Å². The van der Waals surface area contributed by atoms with Crippen LogP contribution in [-0.2, 0) is 4.74 Å². The number of esters is 2. The average molecular weight is 433 g/mol. The molecule has 0 bridgehead atoms.